The quantitative estimate of drug-likeness (QED) is 0.559. The molecule has 0 bridgehead atoms. The molecule has 3 rings (SSSR count). The molecule has 32 heavy (non-hydrogen) atoms. The molecule has 9 heteroatoms. The molecule has 0 saturated carbocycles. The Morgan fingerprint density at radius 2 is 1.62 bits per heavy atom. The lowest BCUT2D eigenvalue weighted by molar-refractivity contribution is 0.354. The molecule has 0 atom stereocenters. The van der Waals surface area contributed by atoms with E-state index in [2.05, 4.69) is 4.72 Å². The van der Waals surface area contributed by atoms with Crippen LogP contribution in [0.15, 0.2) is 52.2 Å². The maximum atomic E-state index is 12.9. The Morgan fingerprint density at radius 1 is 1.00 bits per heavy atom. The fraction of sp³-hybridized carbons (Fsp3) is 0.348. The van der Waals surface area contributed by atoms with Crippen LogP contribution in [0.3, 0.4) is 0 Å². The van der Waals surface area contributed by atoms with Gasteiger partial charge in [-0.1, -0.05) is 19.9 Å². The molecule has 1 N–H and O–H groups in total. The fourth-order valence-corrected chi connectivity index (χ4v) is 4.72. The minimum atomic E-state index is -3.75. The predicted molar refractivity (Wildman–Crippen MR) is 123 cm³/mol. The van der Waals surface area contributed by atoms with Crippen molar-refractivity contribution < 1.29 is 17.9 Å². The number of ether oxygens (including phenoxy) is 2. The molecule has 0 saturated heterocycles. The van der Waals surface area contributed by atoms with Crippen LogP contribution in [0.4, 0.5) is 0 Å². The molecule has 1 heterocycles. The summed E-state index contributed by atoms with van der Waals surface area (Å²) in [5.41, 5.74) is 2.88. The van der Waals surface area contributed by atoms with E-state index in [1.807, 2.05) is 27.8 Å². The van der Waals surface area contributed by atoms with Crippen molar-refractivity contribution in [3.05, 3.63) is 69.6 Å². The number of nitrogens with zero attached hydrogens (tertiary/aromatic N) is 2. The van der Waals surface area contributed by atoms with E-state index in [0.717, 1.165) is 16.8 Å². The van der Waals surface area contributed by atoms with E-state index in [0.29, 0.717) is 17.2 Å². The van der Waals surface area contributed by atoms with E-state index in [4.69, 9.17) is 9.47 Å². The molecule has 0 aliphatic carbocycles. The minimum Gasteiger partial charge on any atom is -0.493 e. The fourth-order valence-electron chi connectivity index (χ4n) is 3.70. The van der Waals surface area contributed by atoms with Crippen LogP contribution in [0.1, 0.15) is 36.6 Å². The number of nitrogens with one attached hydrogen (secondary N) is 1. The SMILES string of the molecule is COc1ccc(CNS(=O)(=O)c2ccc(-n3c(=O)c(C(C)C)c(C)n3C)cc2)cc1OC. The van der Waals surface area contributed by atoms with Gasteiger partial charge in [0.25, 0.3) is 5.56 Å². The van der Waals surface area contributed by atoms with Gasteiger partial charge in [0.05, 0.1) is 24.8 Å². The molecule has 0 radical (unpaired) electrons. The highest BCUT2D eigenvalue weighted by Gasteiger charge is 2.19. The van der Waals surface area contributed by atoms with Crippen molar-refractivity contribution in [2.45, 2.75) is 38.1 Å². The van der Waals surface area contributed by atoms with Crippen LogP contribution in [0.5, 0.6) is 11.5 Å². The highest BCUT2D eigenvalue weighted by atomic mass is 32.2. The second-order valence-corrected chi connectivity index (χ2v) is 9.57. The lowest BCUT2D eigenvalue weighted by atomic mass is 10.0. The number of hydrogen-bond donors (Lipinski definition) is 1. The molecule has 0 aliphatic rings. The molecule has 3 aromatic rings. The third-order valence-electron chi connectivity index (χ3n) is 5.48. The van der Waals surface area contributed by atoms with Gasteiger partial charge in [-0.15, -0.1) is 0 Å². The van der Waals surface area contributed by atoms with Gasteiger partial charge >= 0.3 is 0 Å². The first-order valence-corrected chi connectivity index (χ1v) is 11.7. The van der Waals surface area contributed by atoms with Crippen molar-refractivity contribution in [3.63, 3.8) is 0 Å². The van der Waals surface area contributed by atoms with Gasteiger partial charge in [-0.3, -0.25) is 9.48 Å². The van der Waals surface area contributed by atoms with E-state index in [1.165, 1.54) is 19.2 Å². The summed E-state index contributed by atoms with van der Waals surface area (Å²) >= 11 is 0. The largest absolute Gasteiger partial charge is 0.493 e. The normalized spacial score (nSPS) is 11.7. The number of benzene rings is 2. The van der Waals surface area contributed by atoms with Gasteiger partial charge in [-0.05, 0) is 54.8 Å². The Kier molecular flexibility index (Phi) is 6.80. The van der Waals surface area contributed by atoms with E-state index in [1.54, 1.807) is 46.8 Å². The van der Waals surface area contributed by atoms with Gasteiger partial charge in [0.15, 0.2) is 11.5 Å². The molecule has 0 amide bonds. The molecule has 2 aromatic carbocycles. The molecule has 0 spiro atoms. The number of methoxy groups -OCH3 is 2. The minimum absolute atomic E-state index is 0.0929. The van der Waals surface area contributed by atoms with Gasteiger partial charge in [0.2, 0.25) is 10.0 Å². The molecule has 0 fully saturated rings. The first-order chi connectivity index (χ1) is 15.1. The van der Waals surface area contributed by atoms with Gasteiger partial charge in [-0.2, -0.15) is 0 Å². The predicted octanol–water partition coefficient (Wildman–Crippen LogP) is 3.10. The van der Waals surface area contributed by atoms with Crippen molar-refractivity contribution in [2.24, 2.45) is 7.05 Å². The van der Waals surface area contributed by atoms with Gasteiger partial charge in [0, 0.05) is 24.8 Å². The van der Waals surface area contributed by atoms with Gasteiger partial charge < -0.3 is 9.47 Å². The van der Waals surface area contributed by atoms with Crippen molar-refractivity contribution >= 4 is 10.0 Å². The number of aromatic nitrogens is 2. The Morgan fingerprint density at radius 3 is 2.16 bits per heavy atom. The zero-order valence-electron chi connectivity index (χ0n) is 19.2. The monoisotopic (exact) mass is 459 g/mol. The average molecular weight is 460 g/mol. The summed E-state index contributed by atoms with van der Waals surface area (Å²) in [6, 6.07) is 11.5. The van der Waals surface area contributed by atoms with Crippen LogP contribution in [0.2, 0.25) is 0 Å². The third-order valence-corrected chi connectivity index (χ3v) is 6.90. The molecule has 1 aromatic heterocycles. The van der Waals surface area contributed by atoms with Crippen LogP contribution in [-0.4, -0.2) is 32.0 Å². The summed E-state index contributed by atoms with van der Waals surface area (Å²) in [7, 11) is 1.14. The Hall–Kier alpha value is -3.04. The summed E-state index contributed by atoms with van der Waals surface area (Å²) in [6.07, 6.45) is 0. The summed E-state index contributed by atoms with van der Waals surface area (Å²) in [4.78, 5) is 13.0. The molecule has 172 valence electrons. The number of sulfonamides is 1. The van der Waals surface area contributed by atoms with Gasteiger partial charge in [0.1, 0.15) is 0 Å². The molecule has 0 aliphatic heterocycles. The van der Waals surface area contributed by atoms with E-state index < -0.39 is 10.0 Å². The van der Waals surface area contributed by atoms with E-state index in [9.17, 15) is 13.2 Å². The zero-order chi connectivity index (χ0) is 23.6. The van der Waals surface area contributed by atoms with Crippen molar-refractivity contribution in [1.29, 1.82) is 0 Å². The molecule has 8 nitrogen and oxygen atoms in total. The molecular formula is C23H29N3O5S. The highest BCUT2D eigenvalue weighted by Crippen LogP contribution is 2.27. The standard InChI is InChI=1S/C23H29N3O5S/c1-15(2)22-16(3)25(4)26(23(22)27)18-8-10-19(11-9-18)32(28,29)24-14-17-7-12-20(30-5)21(13-17)31-6/h7-13,15,24H,14H2,1-6H3. The van der Waals surface area contributed by atoms with Crippen LogP contribution >= 0.6 is 0 Å². The van der Waals surface area contributed by atoms with Gasteiger partial charge in [-0.25, -0.2) is 17.8 Å². The van der Waals surface area contributed by atoms with Crippen LogP contribution in [-0.2, 0) is 23.6 Å². The van der Waals surface area contributed by atoms with Crippen LogP contribution < -0.4 is 19.8 Å². The molecule has 0 unspecified atom stereocenters. The van der Waals surface area contributed by atoms with Crippen molar-refractivity contribution in [2.75, 3.05) is 14.2 Å². The first-order valence-electron chi connectivity index (χ1n) is 10.2. The third kappa shape index (κ3) is 4.44. The lowest BCUT2D eigenvalue weighted by Gasteiger charge is -2.12. The second kappa shape index (κ2) is 9.22. The molecular weight excluding hydrogens is 430 g/mol. The Balaban J connectivity index is 1.83. The lowest BCUT2D eigenvalue weighted by Crippen LogP contribution is -2.24. The summed E-state index contributed by atoms with van der Waals surface area (Å²) in [5.74, 6) is 1.19. The topological polar surface area (TPSA) is 91.6 Å². The maximum absolute atomic E-state index is 12.9. The maximum Gasteiger partial charge on any atom is 0.275 e. The zero-order valence-corrected chi connectivity index (χ0v) is 20.0. The number of rotatable bonds is 8. The van der Waals surface area contributed by atoms with Crippen molar-refractivity contribution in [3.8, 4) is 17.2 Å². The Bertz CT molecular complexity index is 1270. The Labute approximate surface area is 188 Å². The summed E-state index contributed by atoms with van der Waals surface area (Å²) in [6.45, 7) is 5.96. The average Bonchev–Trinajstić information content (AvgIpc) is 3.00. The van der Waals surface area contributed by atoms with E-state index in [-0.39, 0.29) is 22.9 Å². The summed E-state index contributed by atoms with van der Waals surface area (Å²) in [5, 5.41) is 0. The smallest absolute Gasteiger partial charge is 0.275 e. The van der Waals surface area contributed by atoms with E-state index >= 15 is 0 Å². The number of hydrogen-bond acceptors (Lipinski definition) is 5. The van der Waals surface area contributed by atoms with Crippen LogP contribution in [0.25, 0.3) is 5.69 Å². The summed E-state index contributed by atoms with van der Waals surface area (Å²) < 4.78 is 41.9. The first kappa shape index (κ1) is 23.6. The highest BCUT2D eigenvalue weighted by molar-refractivity contribution is 7.89. The van der Waals surface area contributed by atoms with Crippen molar-refractivity contribution in [1.82, 2.24) is 14.1 Å². The van der Waals surface area contributed by atoms with Crippen LogP contribution in [0, 0.1) is 6.92 Å². The second-order valence-electron chi connectivity index (χ2n) is 7.80.